The van der Waals surface area contributed by atoms with Gasteiger partial charge in [0.1, 0.15) is 23.3 Å². The Morgan fingerprint density at radius 3 is 1.94 bits per heavy atom. The minimum atomic E-state index is -1.08. The highest BCUT2D eigenvalue weighted by atomic mass is 19.1. The summed E-state index contributed by atoms with van der Waals surface area (Å²) in [5, 5.41) is 0. The Balaban J connectivity index is 2.59. The first kappa shape index (κ1) is 12.6. The molecule has 0 atom stereocenters. The fraction of sp³-hybridized carbons (Fsp3) is 0.0769. The van der Waals surface area contributed by atoms with E-state index in [9.17, 15) is 17.6 Å². The van der Waals surface area contributed by atoms with Gasteiger partial charge in [-0.05, 0) is 11.6 Å². The molecule has 2 N–H and O–H groups in total. The average Bonchev–Trinajstić information content (AvgIpc) is 2.27. The molecule has 0 unspecified atom stereocenters. The van der Waals surface area contributed by atoms with Gasteiger partial charge in [-0.25, -0.2) is 17.6 Å². The minimum Gasteiger partial charge on any atom is -0.326 e. The fourth-order valence-electron chi connectivity index (χ4n) is 1.69. The zero-order chi connectivity index (χ0) is 13.3. The Labute approximate surface area is 101 Å². The molecule has 1 nitrogen and oxygen atoms in total. The van der Waals surface area contributed by atoms with Gasteiger partial charge >= 0.3 is 0 Å². The largest absolute Gasteiger partial charge is 0.326 e. The highest BCUT2D eigenvalue weighted by molar-refractivity contribution is 5.65. The lowest BCUT2D eigenvalue weighted by Crippen LogP contribution is -2.00. The summed E-state index contributed by atoms with van der Waals surface area (Å²) < 4.78 is 53.2. The van der Waals surface area contributed by atoms with Gasteiger partial charge in [0, 0.05) is 24.2 Å². The predicted octanol–water partition coefficient (Wildman–Crippen LogP) is 3.37. The molecule has 0 aliphatic carbocycles. The first-order valence-corrected chi connectivity index (χ1v) is 5.16. The van der Waals surface area contributed by atoms with Crippen LogP contribution < -0.4 is 5.73 Å². The second kappa shape index (κ2) is 4.78. The Hall–Kier alpha value is -1.88. The van der Waals surface area contributed by atoms with Crippen molar-refractivity contribution in [1.82, 2.24) is 0 Å². The number of halogens is 4. The first-order valence-electron chi connectivity index (χ1n) is 5.16. The van der Waals surface area contributed by atoms with Crippen molar-refractivity contribution in [2.45, 2.75) is 6.54 Å². The van der Waals surface area contributed by atoms with Crippen LogP contribution in [0.3, 0.4) is 0 Å². The minimum absolute atomic E-state index is 0.000278. The first-order chi connectivity index (χ1) is 8.52. The van der Waals surface area contributed by atoms with Crippen molar-refractivity contribution in [3.8, 4) is 11.1 Å². The molecule has 0 amide bonds. The van der Waals surface area contributed by atoms with Gasteiger partial charge in [-0.3, -0.25) is 0 Å². The summed E-state index contributed by atoms with van der Waals surface area (Å²) >= 11 is 0. The second-order valence-electron chi connectivity index (χ2n) is 3.75. The topological polar surface area (TPSA) is 26.0 Å². The van der Waals surface area contributed by atoms with Crippen molar-refractivity contribution in [3.05, 3.63) is 59.2 Å². The Morgan fingerprint density at radius 2 is 1.44 bits per heavy atom. The number of nitrogens with two attached hydrogens (primary N) is 1. The molecule has 2 aromatic rings. The molecule has 0 aliphatic heterocycles. The van der Waals surface area contributed by atoms with E-state index in [4.69, 9.17) is 5.73 Å². The molecule has 0 heterocycles. The molecule has 2 rings (SSSR count). The van der Waals surface area contributed by atoms with E-state index in [0.717, 1.165) is 6.07 Å². The van der Waals surface area contributed by atoms with Gasteiger partial charge in [0.05, 0.1) is 5.56 Å². The van der Waals surface area contributed by atoms with Crippen LogP contribution in [-0.2, 0) is 6.54 Å². The van der Waals surface area contributed by atoms with Gasteiger partial charge in [-0.15, -0.1) is 0 Å². The second-order valence-corrected chi connectivity index (χ2v) is 3.75. The summed E-state index contributed by atoms with van der Waals surface area (Å²) in [5.41, 5.74) is 5.06. The molecular formula is C13H9F4N. The number of hydrogen-bond donors (Lipinski definition) is 1. The van der Waals surface area contributed by atoms with Gasteiger partial charge in [0.25, 0.3) is 0 Å². The molecule has 5 heteroatoms. The van der Waals surface area contributed by atoms with Crippen LogP contribution in [0, 0.1) is 23.3 Å². The van der Waals surface area contributed by atoms with E-state index in [1.54, 1.807) is 0 Å². The number of hydrogen-bond acceptors (Lipinski definition) is 1. The van der Waals surface area contributed by atoms with E-state index in [-0.39, 0.29) is 17.7 Å². The summed E-state index contributed by atoms with van der Waals surface area (Å²) in [6.07, 6.45) is 0. The lowest BCUT2D eigenvalue weighted by atomic mass is 10.0. The Morgan fingerprint density at radius 1 is 0.833 bits per heavy atom. The molecule has 0 saturated heterocycles. The molecule has 94 valence electrons. The summed E-state index contributed by atoms with van der Waals surface area (Å²) in [6, 6.07) is 4.75. The predicted molar refractivity (Wildman–Crippen MR) is 59.6 cm³/mol. The molecule has 0 aromatic heterocycles. The SMILES string of the molecule is NCc1ccc(-c2c(F)cc(F)cc2F)cc1F. The van der Waals surface area contributed by atoms with Crippen molar-refractivity contribution in [3.63, 3.8) is 0 Å². The van der Waals surface area contributed by atoms with E-state index >= 15 is 0 Å². The Kier molecular flexibility index (Phi) is 3.34. The number of rotatable bonds is 2. The highest BCUT2D eigenvalue weighted by Crippen LogP contribution is 2.28. The molecule has 0 aliphatic rings. The van der Waals surface area contributed by atoms with Gasteiger partial charge in [0.15, 0.2) is 0 Å². The lowest BCUT2D eigenvalue weighted by Gasteiger charge is -2.07. The normalized spacial score (nSPS) is 10.7. The van der Waals surface area contributed by atoms with Gasteiger partial charge in [-0.2, -0.15) is 0 Å². The summed E-state index contributed by atoms with van der Waals surface area (Å²) in [4.78, 5) is 0. The maximum absolute atomic E-state index is 13.5. The van der Waals surface area contributed by atoms with Crippen LogP contribution in [0.5, 0.6) is 0 Å². The quantitative estimate of drug-likeness (QED) is 0.818. The lowest BCUT2D eigenvalue weighted by molar-refractivity contribution is 0.547. The molecule has 0 bridgehead atoms. The zero-order valence-electron chi connectivity index (χ0n) is 9.18. The number of benzene rings is 2. The van der Waals surface area contributed by atoms with E-state index in [1.165, 1.54) is 12.1 Å². The van der Waals surface area contributed by atoms with Crippen molar-refractivity contribution in [1.29, 1.82) is 0 Å². The summed E-state index contributed by atoms with van der Waals surface area (Å²) in [5.74, 6) is -3.83. The van der Waals surface area contributed by atoms with Gasteiger partial charge < -0.3 is 5.73 Å². The molecular weight excluding hydrogens is 246 g/mol. The van der Waals surface area contributed by atoms with Gasteiger partial charge in [0.2, 0.25) is 0 Å². The third kappa shape index (κ3) is 2.22. The molecule has 18 heavy (non-hydrogen) atoms. The average molecular weight is 255 g/mol. The van der Waals surface area contributed by atoms with Crippen molar-refractivity contribution >= 4 is 0 Å². The summed E-state index contributed by atoms with van der Waals surface area (Å²) in [6.45, 7) is -0.0134. The van der Waals surface area contributed by atoms with Crippen LogP contribution in [0.2, 0.25) is 0 Å². The maximum atomic E-state index is 13.5. The Bertz CT molecular complexity index is 573. The fourth-order valence-corrected chi connectivity index (χ4v) is 1.69. The standard InChI is InChI=1S/C13H9F4N/c14-9-4-11(16)13(12(17)5-9)7-1-2-8(6-18)10(15)3-7/h1-5H,6,18H2. The molecule has 0 spiro atoms. The van der Waals surface area contributed by atoms with Crippen molar-refractivity contribution in [2.75, 3.05) is 0 Å². The van der Waals surface area contributed by atoms with Crippen molar-refractivity contribution < 1.29 is 17.6 Å². The zero-order valence-corrected chi connectivity index (χ0v) is 9.18. The third-order valence-electron chi connectivity index (χ3n) is 2.57. The van der Waals surface area contributed by atoms with Gasteiger partial charge in [-0.1, -0.05) is 12.1 Å². The molecule has 0 fully saturated rings. The van der Waals surface area contributed by atoms with Crippen LogP contribution in [0.25, 0.3) is 11.1 Å². The van der Waals surface area contributed by atoms with Crippen LogP contribution in [0.4, 0.5) is 17.6 Å². The van der Waals surface area contributed by atoms with Crippen LogP contribution in [0.15, 0.2) is 30.3 Å². The molecule has 0 radical (unpaired) electrons. The van der Waals surface area contributed by atoms with E-state index in [2.05, 4.69) is 0 Å². The van der Waals surface area contributed by atoms with E-state index in [0.29, 0.717) is 12.1 Å². The smallest absolute Gasteiger partial charge is 0.136 e. The van der Waals surface area contributed by atoms with E-state index in [1.807, 2.05) is 0 Å². The van der Waals surface area contributed by atoms with Crippen LogP contribution in [-0.4, -0.2) is 0 Å². The van der Waals surface area contributed by atoms with E-state index < -0.39 is 28.8 Å². The molecule has 0 saturated carbocycles. The van der Waals surface area contributed by atoms with Crippen molar-refractivity contribution in [2.24, 2.45) is 5.73 Å². The third-order valence-corrected chi connectivity index (χ3v) is 2.57. The van der Waals surface area contributed by atoms with Crippen LogP contribution >= 0.6 is 0 Å². The monoisotopic (exact) mass is 255 g/mol. The highest BCUT2D eigenvalue weighted by Gasteiger charge is 2.14. The molecule has 2 aromatic carbocycles. The van der Waals surface area contributed by atoms with Crippen LogP contribution in [0.1, 0.15) is 5.56 Å². The maximum Gasteiger partial charge on any atom is 0.136 e. The summed E-state index contributed by atoms with van der Waals surface area (Å²) in [7, 11) is 0.